The van der Waals surface area contributed by atoms with Gasteiger partial charge in [0.25, 0.3) is 0 Å². The summed E-state index contributed by atoms with van der Waals surface area (Å²) in [5.74, 6) is 0. The van der Waals surface area contributed by atoms with Crippen LogP contribution in [0.2, 0.25) is 0 Å². The third kappa shape index (κ3) is 1.75. The lowest BCUT2D eigenvalue weighted by molar-refractivity contribution is -0.117. The lowest BCUT2D eigenvalue weighted by atomic mass is 10.1. The first-order chi connectivity index (χ1) is 6.33. The zero-order valence-electron chi connectivity index (χ0n) is 7.64. The maximum atomic E-state index is 10.3. The van der Waals surface area contributed by atoms with E-state index in [-0.39, 0.29) is 24.6 Å². The van der Waals surface area contributed by atoms with Gasteiger partial charge in [-0.15, -0.1) is 0 Å². The zero-order chi connectivity index (χ0) is 9.26. The summed E-state index contributed by atoms with van der Waals surface area (Å²) < 4.78 is 16.2. The van der Waals surface area contributed by atoms with Gasteiger partial charge in [0.2, 0.25) is 0 Å². The summed E-state index contributed by atoms with van der Waals surface area (Å²) in [4.78, 5) is 10.3. The smallest absolute Gasteiger partial charge is 0.160 e. The van der Waals surface area contributed by atoms with E-state index in [1.807, 2.05) is 0 Å². The van der Waals surface area contributed by atoms with Gasteiger partial charge in [-0.3, -0.25) is 0 Å². The first kappa shape index (κ1) is 9.12. The molecule has 0 aromatic rings. The molecule has 0 aromatic carbocycles. The number of rotatable bonds is 3. The Hall–Kier alpha value is -0.450. The number of carbonyl (C=O) groups excluding carboxylic acids is 1. The minimum atomic E-state index is -0.118. The maximum Gasteiger partial charge on any atom is 0.160 e. The van der Waals surface area contributed by atoms with Crippen molar-refractivity contribution in [1.82, 2.24) is 0 Å². The lowest BCUT2D eigenvalue weighted by Gasteiger charge is -2.11. The van der Waals surface area contributed by atoms with Crippen molar-refractivity contribution in [2.75, 3.05) is 7.11 Å². The number of fused-ring (bicyclic) bond motifs is 1. The third-order valence-corrected chi connectivity index (χ3v) is 2.65. The van der Waals surface area contributed by atoms with Gasteiger partial charge in [0, 0.05) is 26.4 Å². The second-order valence-corrected chi connectivity index (χ2v) is 3.51. The van der Waals surface area contributed by atoms with E-state index in [9.17, 15) is 4.79 Å². The van der Waals surface area contributed by atoms with Crippen molar-refractivity contribution >= 4 is 6.29 Å². The Kier molecular flexibility index (Phi) is 2.62. The molecule has 0 radical (unpaired) electrons. The molecule has 2 rings (SSSR count). The topological polar surface area (TPSA) is 44.8 Å². The molecule has 0 spiro atoms. The highest BCUT2D eigenvalue weighted by atomic mass is 16.7. The van der Waals surface area contributed by atoms with E-state index in [0.717, 1.165) is 19.1 Å². The van der Waals surface area contributed by atoms with E-state index in [1.54, 1.807) is 7.11 Å². The fourth-order valence-electron chi connectivity index (χ4n) is 2.00. The fraction of sp³-hybridized carbons (Fsp3) is 0.889. The molecule has 13 heavy (non-hydrogen) atoms. The van der Waals surface area contributed by atoms with Crippen LogP contribution >= 0.6 is 0 Å². The van der Waals surface area contributed by atoms with Gasteiger partial charge in [0.1, 0.15) is 6.29 Å². The SMILES string of the molecule is COC1CC2OC(CC=O)CC2O1. The molecule has 4 unspecified atom stereocenters. The minimum Gasteiger partial charge on any atom is -0.372 e. The number of hydrogen-bond donors (Lipinski definition) is 0. The van der Waals surface area contributed by atoms with E-state index >= 15 is 0 Å². The molecule has 4 atom stereocenters. The number of aldehydes is 1. The Morgan fingerprint density at radius 3 is 2.77 bits per heavy atom. The van der Waals surface area contributed by atoms with Crippen LogP contribution in [0.5, 0.6) is 0 Å². The summed E-state index contributed by atoms with van der Waals surface area (Å²) in [5.41, 5.74) is 0. The van der Waals surface area contributed by atoms with Crippen LogP contribution in [0, 0.1) is 0 Å². The number of carbonyl (C=O) groups is 1. The van der Waals surface area contributed by atoms with Crippen molar-refractivity contribution in [3.8, 4) is 0 Å². The van der Waals surface area contributed by atoms with E-state index in [2.05, 4.69) is 0 Å². The molecule has 0 aromatic heterocycles. The largest absolute Gasteiger partial charge is 0.372 e. The predicted molar refractivity (Wildman–Crippen MR) is 44.2 cm³/mol. The third-order valence-electron chi connectivity index (χ3n) is 2.65. The summed E-state index contributed by atoms with van der Waals surface area (Å²) in [6.07, 6.45) is 3.20. The van der Waals surface area contributed by atoms with Gasteiger partial charge in [-0.2, -0.15) is 0 Å². The average molecular weight is 186 g/mol. The normalized spacial score (nSPS) is 43.5. The standard InChI is InChI=1S/C9H14O4/c1-11-9-5-8-7(13-9)4-6(12-8)2-3-10/h3,6-9H,2,4-5H2,1H3. The molecule has 2 saturated heterocycles. The molecule has 0 aliphatic carbocycles. The highest BCUT2D eigenvalue weighted by Crippen LogP contribution is 2.34. The van der Waals surface area contributed by atoms with Crippen LogP contribution in [0.15, 0.2) is 0 Å². The number of ether oxygens (including phenoxy) is 3. The van der Waals surface area contributed by atoms with Crippen LogP contribution in [0.3, 0.4) is 0 Å². The van der Waals surface area contributed by atoms with E-state index in [1.165, 1.54) is 0 Å². The van der Waals surface area contributed by atoms with Crippen LogP contribution in [-0.2, 0) is 19.0 Å². The molecule has 2 fully saturated rings. The molecular formula is C9H14O4. The second-order valence-electron chi connectivity index (χ2n) is 3.51. The Morgan fingerprint density at radius 1 is 1.38 bits per heavy atom. The highest BCUT2D eigenvalue weighted by molar-refractivity contribution is 5.50. The Balaban J connectivity index is 1.85. The second kappa shape index (κ2) is 3.74. The monoisotopic (exact) mass is 186 g/mol. The Morgan fingerprint density at radius 2 is 2.15 bits per heavy atom. The van der Waals surface area contributed by atoms with Crippen molar-refractivity contribution in [1.29, 1.82) is 0 Å². The maximum absolute atomic E-state index is 10.3. The van der Waals surface area contributed by atoms with Gasteiger partial charge in [-0.1, -0.05) is 0 Å². The van der Waals surface area contributed by atoms with Gasteiger partial charge in [-0.05, 0) is 0 Å². The Labute approximate surface area is 77.1 Å². The van der Waals surface area contributed by atoms with Crippen molar-refractivity contribution in [3.05, 3.63) is 0 Å². The van der Waals surface area contributed by atoms with Crippen molar-refractivity contribution in [2.45, 2.75) is 43.9 Å². The molecule has 4 nitrogen and oxygen atoms in total. The zero-order valence-corrected chi connectivity index (χ0v) is 7.64. The van der Waals surface area contributed by atoms with Gasteiger partial charge < -0.3 is 19.0 Å². The van der Waals surface area contributed by atoms with Crippen LogP contribution in [-0.4, -0.2) is 38.0 Å². The van der Waals surface area contributed by atoms with Gasteiger partial charge in [0.15, 0.2) is 6.29 Å². The first-order valence-corrected chi connectivity index (χ1v) is 4.61. The first-order valence-electron chi connectivity index (χ1n) is 4.61. The molecule has 0 bridgehead atoms. The number of hydrogen-bond acceptors (Lipinski definition) is 4. The molecule has 0 saturated carbocycles. The summed E-state index contributed by atoms with van der Waals surface area (Å²) in [5, 5.41) is 0. The highest BCUT2D eigenvalue weighted by Gasteiger charge is 2.43. The van der Waals surface area contributed by atoms with Crippen molar-refractivity contribution in [3.63, 3.8) is 0 Å². The van der Waals surface area contributed by atoms with Gasteiger partial charge in [0.05, 0.1) is 18.3 Å². The fourth-order valence-corrected chi connectivity index (χ4v) is 2.00. The summed E-state index contributed by atoms with van der Waals surface area (Å²) in [6.45, 7) is 0. The summed E-state index contributed by atoms with van der Waals surface area (Å²) in [7, 11) is 1.63. The molecular weight excluding hydrogens is 172 g/mol. The molecule has 0 N–H and O–H groups in total. The van der Waals surface area contributed by atoms with Crippen molar-refractivity contribution < 1.29 is 19.0 Å². The van der Waals surface area contributed by atoms with Crippen LogP contribution < -0.4 is 0 Å². The van der Waals surface area contributed by atoms with Crippen molar-refractivity contribution in [2.24, 2.45) is 0 Å². The van der Waals surface area contributed by atoms with Gasteiger partial charge >= 0.3 is 0 Å². The minimum absolute atomic E-state index is 0.0605. The predicted octanol–water partition coefficient (Wildman–Crippen LogP) is 0.494. The molecule has 2 heterocycles. The Bertz CT molecular complexity index is 180. The molecule has 2 aliphatic rings. The lowest BCUT2D eigenvalue weighted by Crippen LogP contribution is -2.15. The van der Waals surface area contributed by atoms with E-state index < -0.39 is 0 Å². The molecule has 4 heteroatoms. The van der Waals surface area contributed by atoms with E-state index in [4.69, 9.17) is 14.2 Å². The molecule has 2 aliphatic heterocycles. The summed E-state index contributed by atoms with van der Waals surface area (Å²) in [6, 6.07) is 0. The van der Waals surface area contributed by atoms with Crippen LogP contribution in [0.25, 0.3) is 0 Å². The van der Waals surface area contributed by atoms with E-state index in [0.29, 0.717) is 6.42 Å². The van der Waals surface area contributed by atoms with Crippen LogP contribution in [0.4, 0.5) is 0 Å². The van der Waals surface area contributed by atoms with Crippen LogP contribution in [0.1, 0.15) is 19.3 Å². The number of methoxy groups -OCH3 is 1. The molecule has 0 amide bonds. The molecule has 74 valence electrons. The van der Waals surface area contributed by atoms with Gasteiger partial charge in [-0.25, -0.2) is 0 Å². The summed E-state index contributed by atoms with van der Waals surface area (Å²) >= 11 is 0. The average Bonchev–Trinajstić information content (AvgIpc) is 2.61. The quantitative estimate of drug-likeness (QED) is 0.602.